The predicted octanol–water partition coefficient (Wildman–Crippen LogP) is 3.63. The fraction of sp³-hybridized carbons (Fsp3) is 0.474. The standard InChI is InChI=1S/C19H22F3N3O4S/c1-4-13-10-14(25(24-13)12-28-3)15-11-18(2,8-9-29-15)30(26,27)17-7-5-6-16(23-17)19(20,21)22/h4-7,10,15H,1,8-9,11-12H2,2-3H3. The zero-order valence-electron chi connectivity index (χ0n) is 16.5. The number of alkyl halides is 3. The first-order valence-electron chi connectivity index (χ1n) is 9.11. The van der Waals surface area contributed by atoms with Crippen molar-refractivity contribution >= 4 is 15.9 Å². The molecule has 0 spiro atoms. The van der Waals surface area contributed by atoms with Crippen LogP contribution < -0.4 is 0 Å². The summed E-state index contributed by atoms with van der Waals surface area (Å²) in [6.07, 6.45) is -3.68. The molecule has 2 aromatic rings. The van der Waals surface area contributed by atoms with E-state index in [1.807, 2.05) is 0 Å². The zero-order valence-corrected chi connectivity index (χ0v) is 17.3. The maximum atomic E-state index is 13.3. The maximum Gasteiger partial charge on any atom is 0.433 e. The van der Waals surface area contributed by atoms with Gasteiger partial charge in [0, 0.05) is 13.7 Å². The van der Waals surface area contributed by atoms with E-state index in [1.54, 1.807) is 16.8 Å². The molecule has 2 aromatic heterocycles. The summed E-state index contributed by atoms with van der Waals surface area (Å²) >= 11 is 0. The Morgan fingerprint density at radius 1 is 1.43 bits per heavy atom. The summed E-state index contributed by atoms with van der Waals surface area (Å²) in [7, 11) is -2.69. The van der Waals surface area contributed by atoms with Crippen LogP contribution in [0.1, 0.15) is 43.0 Å². The van der Waals surface area contributed by atoms with Crippen molar-refractivity contribution in [1.82, 2.24) is 14.8 Å². The molecule has 0 aliphatic carbocycles. The van der Waals surface area contributed by atoms with Gasteiger partial charge in [-0.15, -0.1) is 0 Å². The SMILES string of the molecule is C=Cc1cc(C2CC(C)(S(=O)(=O)c3cccc(C(F)(F)F)n3)CCO2)n(COC)n1. The van der Waals surface area contributed by atoms with E-state index in [-0.39, 0.29) is 26.2 Å². The van der Waals surface area contributed by atoms with Crippen LogP contribution in [0.15, 0.2) is 35.9 Å². The molecule has 7 nitrogen and oxygen atoms in total. The Morgan fingerprint density at radius 3 is 2.80 bits per heavy atom. The maximum absolute atomic E-state index is 13.3. The molecule has 0 aromatic carbocycles. The average Bonchev–Trinajstić information content (AvgIpc) is 3.11. The smallest absolute Gasteiger partial charge is 0.372 e. The van der Waals surface area contributed by atoms with Crippen LogP contribution in [0.4, 0.5) is 13.2 Å². The Labute approximate surface area is 172 Å². The molecule has 1 aliphatic rings. The summed E-state index contributed by atoms with van der Waals surface area (Å²) in [4.78, 5) is 3.39. The van der Waals surface area contributed by atoms with E-state index < -0.39 is 37.6 Å². The number of nitrogens with zero attached hydrogens (tertiary/aromatic N) is 3. The van der Waals surface area contributed by atoms with Gasteiger partial charge in [0.1, 0.15) is 18.5 Å². The molecule has 30 heavy (non-hydrogen) atoms. The second-order valence-electron chi connectivity index (χ2n) is 7.24. The quantitative estimate of drug-likeness (QED) is 0.675. The minimum Gasteiger partial charge on any atom is -0.372 e. The Hall–Kier alpha value is -2.24. The van der Waals surface area contributed by atoms with Crippen LogP contribution in [0.5, 0.6) is 0 Å². The lowest BCUT2D eigenvalue weighted by Gasteiger charge is -2.37. The van der Waals surface area contributed by atoms with E-state index in [2.05, 4.69) is 16.7 Å². The number of sulfone groups is 1. The summed E-state index contributed by atoms with van der Waals surface area (Å²) in [5.74, 6) is 0. The van der Waals surface area contributed by atoms with Crippen LogP contribution >= 0.6 is 0 Å². The van der Waals surface area contributed by atoms with Gasteiger partial charge >= 0.3 is 6.18 Å². The van der Waals surface area contributed by atoms with Crippen molar-refractivity contribution in [2.45, 2.75) is 48.5 Å². The van der Waals surface area contributed by atoms with E-state index in [9.17, 15) is 21.6 Å². The monoisotopic (exact) mass is 445 g/mol. The molecular formula is C19H22F3N3O4S. The fourth-order valence-electron chi connectivity index (χ4n) is 3.42. The number of halogens is 3. The highest BCUT2D eigenvalue weighted by Gasteiger charge is 2.47. The summed E-state index contributed by atoms with van der Waals surface area (Å²) in [5.41, 5.74) is -0.0743. The van der Waals surface area contributed by atoms with Gasteiger partial charge in [0.2, 0.25) is 9.84 Å². The minimum absolute atomic E-state index is 0.0270. The van der Waals surface area contributed by atoms with Gasteiger partial charge in [0.05, 0.1) is 16.1 Å². The minimum atomic E-state index is -4.74. The third-order valence-electron chi connectivity index (χ3n) is 5.13. The molecule has 2 atom stereocenters. The van der Waals surface area contributed by atoms with Crippen LogP contribution in [0, 0.1) is 0 Å². The van der Waals surface area contributed by atoms with Crippen LogP contribution in [-0.4, -0.2) is 41.6 Å². The van der Waals surface area contributed by atoms with Crippen molar-refractivity contribution in [3.63, 3.8) is 0 Å². The van der Waals surface area contributed by atoms with Crippen LogP contribution in [0.2, 0.25) is 0 Å². The van der Waals surface area contributed by atoms with Gasteiger partial charge in [-0.2, -0.15) is 18.3 Å². The molecule has 3 rings (SSSR count). The normalized spacial score (nSPS) is 22.8. The van der Waals surface area contributed by atoms with E-state index >= 15 is 0 Å². The van der Waals surface area contributed by atoms with Crippen molar-refractivity contribution < 1.29 is 31.1 Å². The van der Waals surface area contributed by atoms with Gasteiger partial charge in [0.25, 0.3) is 0 Å². The summed E-state index contributed by atoms with van der Waals surface area (Å²) in [6, 6.07) is 4.60. The lowest BCUT2D eigenvalue weighted by atomic mass is 9.94. The third kappa shape index (κ3) is 4.14. The lowest BCUT2D eigenvalue weighted by molar-refractivity contribution is -0.141. The average molecular weight is 445 g/mol. The second-order valence-corrected chi connectivity index (χ2v) is 9.65. The van der Waals surface area contributed by atoms with Gasteiger partial charge in [0.15, 0.2) is 5.03 Å². The molecule has 1 aliphatic heterocycles. The van der Waals surface area contributed by atoms with Gasteiger partial charge in [-0.05, 0) is 44.0 Å². The Kier molecular flexibility index (Phi) is 6.08. The first kappa shape index (κ1) is 22.4. The summed E-state index contributed by atoms with van der Waals surface area (Å²) in [5, 5.41) is 3.71. The first-order chi connectivity index (χ1) is 14.0. The van der Waals surface area contributed by atoms with E-state index in [0.29, 0.717) is 11.4 Å². The first-order valence-corrected chi connectivity index (χ1v) is 10.6. The number of rotatable bonds is 6. The molecule has 11 heteroatoms. The van der Waals surface area contributed by atoms with Gasteiger partial charge < -0.3 is 9.47 Å². The number of pyridine rings is 1. The number of methoxy groups -OCH3 is 1. The largest absolute Gasteiger partial charge is 0.433 e. The zero-order chi connectivity index (χ0) is 22.2. The molecule has 0 N–H and O–H groups in total. The number of aromatic nitrogens is 3. The Balaban J connectivity index is 1.97. The van der Waals surface area contributed by atoms with Crippen molar-refractivity contribution in [3.05, 3.63) is 47.9 Å². The van der Waals surface area contributed by atoms with Crippen LogP contribution in [-0.2, 0) is 32.2 Å². The van der Waals surface area contributed by atoms with Gasteiger partial charge in [-0.25, -0.2) is 18.1 Å². The van der Waals surface area contributed by atoms with Crippen molar-refractivity contribution in [3.8, 4) is 0 Å². The molecule has 0 saturated carbocycles. The van der Waals surface area contributed by atoms with Crippen LogP contribution in [0.3, 0.4) is 0 Å². The molecule has 0 amide bonds. The summed E-state index contributed by atoms with van der Waals surface area (Å²) in [6.45, 7) is 5.42. The predicted molar refractivity (Wildman–Crippen MR) is 102 cm³/mol. The molecule has 1 saturated heterocycles. The Morgan fingerprint density at radius 2 is 2.17 bits per heavy atom. The fourth-order valence-corrected chi connectivity index (χ4v) is 5.12. The number of hydrogen-bond donors (Lipinski definition) is 0. The molecular weight excluding hydrogens is 423 g/mol. The lowest BCUT2D eigenvalue weighted by Crippen LogP contribution is -2.43. The molecule has 2 unspecified atom stereocenters. The highest BCUT2D eigenvalue weighted by Crippen LogP contribution is 2.42. The molecule has 0 bridgehead atoms. The topological polar surface area (TPSA) is 83.3 Å². The highest BCUT2D eigenvalue weighted by atomic mass is 32.2. The van der Waals surface area contributed by atoms with Crippen molar-refractivity contribution in [1.29, 1.82) is 0 Å². The van der Waals surface area contributed by atoms with Crippen molar-refractivity contribution in [2.24, 2.45) is 0 Å². The molecule has 164 valence electrons. The van der Waals surface area contributed by atoms with Crippen LogP contribution in [0.25, 0.3) is 6.08 Å². The molecule has 0 radical (unpaired) electrons. The highest BCUT2D eigenvalue weighted by molar-refractivity contribution is 7.92. The van der Waals surface area contributed by atoms with E-state index in [1.165, 1.54) is 14.0 Å². The molecule has 1 fully saturated rings. The van der Waals surface area contributed by atoms with Crippen molar-refractivity contribution in [2.75, 3.05) is 13.7 Å². The molecule has 3 heterocycles. The third-order valence-corrected chi connectivity index (χ3v) is 7.57. The van der Waals surface area contributed by atoms with E-state index in [4.69, 9.17) is 9.47 Å². The number of hydrogen-bond acceptors (Lipinski definition) is 6. The van der Waals surface area contributed by atoms with Gasteiger partial charge in [-0.1, -0.05) is 12.6 Å². The van der Waals surface area contributed by atoms with E-state index in [0.717, 1.165) is 18.2 Å². The Bertz CT molecular complexity index is 1040. The number of ether oxygens (including phenoxy) is 2. The second kappa shape index (κ2) is 8.12. The summed E-state index contributed by atoms with van der Waals surface area (Å²) < 4.78 is 76.7. The van der Waals surface area contributed by atoms with Gasteiger partial charge in [-0.3, -0.25) is 0 Å².